The number of likely N-dealkylation sites (N-methyl/N-ethyl adjacent to an activating group) is 1. The van der Waals surface area contributed by atoms with Gasteiger partial charge in [0.1, 0.15) is 17.3 Å². The van der Waals surface area contributed by atoms with Crippen molar-refractivity contribution in [2.75, 3.05) is 64.3 Å². The lowest BCUT2D eigenvalue weighted by Crippen LogP contribution is -2.47. The molecule has 8 nitrogen and oxygen atoms in total. The number of nitrogens with zero attached hydrogens (tertiary/aromatic N) is 6. The number of piperazine rings is 2. The molecule has 3 rings (SSSR count). The summed E-state index contributed by atoms with van der Waals surface area (Å²) in [4.78, 5) is 40.3. The van der Waals surface area contributed by atoms with Gasteiger partial charge < -0.3 is 19.6 Å². The van der Waals surface area contributed by atoms with Crippen LogP contribution in [0.1, 0.15) is 16.3 Å². The van der Waals surface area contributed by atoms with E-state index in [1.54, 1.807) is 11.0 Å². The van der Waals surface area contributed by atoms with Crippen molar-refractivity contribution in [2.45, 2.75) is 6.92 Å². The van der Waals surface area contributed by atoms with Crippen LogP contribution in [0.15, 0.2) is 6.07 Å². The van der Waals surface area contributed by atoms with E-state index in [-0.39, 0.29) is 5.91 Å². The SMILES string of the molecule is Cc1nc(C(=O)N2CCN(C)CC2)cc(N2CCN(C=O)CC2)n1. The number of carbonyl (C=O) groups excluding carboxylic acids is 2. The quantitative estimate of drug-likeness (QED) is 0.692. The fourth-order valence-electron chi connectivity index (χ4n) is 3.05. The first-order chi connectivity index (χ1) is 11.6. The van der Waals surface area contributed by atoms with E-state index in [4.69, 9.17) is 0 Å². The Kier molecular flexibility index (Phi) is 4.94. The van der Waals surface area contributed by atoms with Gasteiger partial charge in [-0.2, -0.15) is 0 Å². The summed E-state index contributed by atoms with van der Waals surface area (Å²) in [7, 11) is 2.06. The Morgan fingerprint density at radius 2 is 1.71 bits per heavy atom. The summed E-state index contributed by atoms with van der Waals surface area (Å²) in [6, 6.07) is 1.78. The van der Waals surface area contributed by atoms with Crippen molar-refractivity contribution in [3.8, 4) is 0 Å². The summed E-state index contributed by atoms with van der Waals surface area (Å²) < 4.78 is 0. The maximum atomic E-state index is 12.7. The summed E-state index contributed by atoms with van der Waals surface area (Å²) in [5, 5.41) is 0. The Morgan fingerprint density at radius 3 is 2.33 bits per heavy atom. The van der Waals surface area contributed by atoms with Gasteiger partial charge >= 0.3 is 0 Å². The summed E-state index contributed by atoms with van der Waals surface area (Å²) in [6.07, 6.45) is 0.880. The molecule has 130 valence electrons. The monoisotopic (exact) mass is 332 g/mol. The maximum Gasteiger partial charge on any atom is 0.272 e. The third kappa shape index (κ3) is 3.64. The topological polar surface area (TPSA) is 72.9 Å². The van der Waals surface area contributed by atoms with Crippen LogP contribution in [0.4, 0.5) is 5.82 Å². The first-order valence-corrected chi connectivity index (χ1v) is 8.34. The van der Waals surface area contributed by atoms with Crippen LogP contribution >= 0.6 is 0 Å². The van der Waals surface area contributed by atoms with Gasteiger partial charge in [-0.3, -0.25) is 9.59 Å². The number of hydrogen-bond donors (Lipinski definition) is 0. The highest BCUT2D eigenvalue weighted by Gasteiger charge is 2.24. The fourth-order valence-corrected chi connectivity index (χ4v) is 3.05. The molecule has 2 saturated heterocycles. The Hall–Kier alpha value is -2.22. The molecule has 0 atom stereocenters. The lowest BCUT2D eigenvalue weighted by atomic mass is 10.2. The molecule has 24 heavy (non-hydrogen) atoms. The molecule has 2 aliphatic heterocycles. The molecule has 0 aromatic carbocycles. The lowest BCUT2D eigenvalue weighted by molar-refractivity contribution is -0.118. The second kappa shape index (κ2) is 7.12. The van der Waals surface area contributed by atoms with Crippen LogP contribution in [0.5, 0.6) is 0 Å². The van der Waals surface area contributed by atoms with Crippen molar-refractivity contribution < 1.29 is 9.59 Å². The first-order valence-electron chi connectivity index (χ1n) is 8.34. The molecular formula is C16H24N6O2. The van der Waals surface area contributed by atoms with E-state index >= 15 is 0 Å². The molecule has 0 unspecified atom stereocenters. The fraction of sp³-hybridized carbons (Fsp3) is 0.625. The summed E-state index contributed by atoms with van der Waals surface area (Å²) in [5.74, 6) is 1.34. The molecule has 2 aliphatic rings. The predicted molar refractivity (Wildman–Crippen MR) is 90.0 cm³/mol. The van der Waals surface area contributed by atoms with Crippen molar-refractivity contribution >= 4 is 18.1 Å². The minimum absolute atomic E-state index is 0.0265. The zero-order valence-corrected chi connectivity index (χ0v) is 14.3. The Labute approximate surface area is 142 Å². The minimum atomic E-state index is -0.0265. The number of anilines is 1. The van der Waals surface area contributed by atoms with Gasteiger partial charge in [0, 0.05) is 58.4 Å². The molecular weight excluding hydrogens is 308 g/mol. The largest absolute Gasteiger partial charge is 0.353 e. The zero-order chi connectivity index (χ0) is 17.1. The molecule has 0 radical (unpaired) electrons. The van der Waals surface area contributed by atoms with Crippen molar-refractivity contribution in [3.05, 3.63) is 17.6 Å². The van der Waals surface area contributed by atoms with Gasteiger partial charge in [-0.25, -0.2) is 9.97 Å². The second-order valence-electron chi connectivity index (χ2n) is 6.38. The first kappa shape index (κ1) is 16.6. The third-order valence-electron chi connectivity index (χ3n) is 4.62. The summed E-state index contributed by atoms with van der Waals surface area (Å²) >= 11 is 0. The van der Waals surface area contributed by atoms with E-state index in [0.29, 0.717) is 24.6 Å². The average Bonchev–Trinajstić information content (AvgIpc) is 2.61. The molecule has 8 heteroatoms. The molecule has 1 aromatic heterocycles. The van der Waals surface area contributed by atoms with Crippen LogP contribution in [0.25, 0.3) is 0 Å². The van der Waals surface area contributed by atoms with E-state index in [1.807, 2.05) is 11.8 Å². The van der Waals surface area contributed by atoms with Gasteiger partial charge in [0.15, 0.2) is 0 Å². The van der Waals surface area contributed by atoms with Crippen LogP contribution in [0.3, 0.4) is 0 Å². The summed E-state index contributed by atoms with van der Waals surface area (Å²) in [5.41, 5.74) is 0.458. The van der Waals surface area contributed by atoms with Gasteiger partial charge in [0.05, 0.1) is 0 Å². The van der Waals surface area contributed by atoms with Gasteiger partial charge in [-0.1, -0.05) is 0 Å². The van der Waals surface area contributed by atoms with Crippen LogP contribution in [-0.2, 0) is 4.79 Å². The lowest BCUT2D eigenvalue weighted by Gasteiger charge is -2.34. The van der Waals surface area contributed by atoms with E-state index < -0.39 is 0 Å². The maximum absolute atomic E-state index is 12.7. The molecule has 0 saturated carbocycles. The molecule has 0 N–H and O–H groups in total. The van der Waals surface area contributed by atoms with E-state index in [1.165, 1.54) is 0 Å². The molecule has 0 spiro atoms. The molecule has 1 aromatic rings. The van der Waals surface area contributed by atoms with Crippen LogP contribution < -0.4 is 4.90 Å². The standard InChI is InChI=1S/C16H24N6O2/c1-13-17-14(16(24)22-7-3-19(2)4-8-22)11-15(18-13)21-9-5-20(12-23)6-10-21/h11-12H,3-10H2,1-2H3. The number of amides is 2. The molecule has 3 heterocycles. The normalized spacial score (nSPS) is 19.5. The number of aromatic nitrogens is 2. The van der Waals surface area contributed by atoms with Crippen molar-refractivity contribution in [1.82, 2.24) is 24.7 Å². The highest BCUT2D eigenvalue weighted by Crippen LogP contribution is 2.16. The smallest absolute Gasteiger partial charge is 0.272 e. The van der Waals surface area contributed by atoms with Crippen LogP contribution in [0, 0.1) is 6.92 Å². The van der Waals surface area contributed by atoms with Gasteiger partial charge in [-0.15, -0.1) is 0 Å². The van der Waals surface area contributed by atoms with E-state index in [9.17, 15) is 9.59 Å². The number of rotatable bonds is 3. The van der Waals surface area contributed by atoms with Crippen LogP contribution in [-0.4, -0.2) is 96.4 Å². The van der Waals surface area contributed by atoms with Crippen molar-refractivity contribution in [1.29, 1.82) is 0 Å². The summed E-state index contributed by atoms with van der Waals surface area (Å²) in [6.45, 7) is 7.83. The van der Waals surface area contributed by atoms with Crippen molar-refractivity contribution in [3.63, 3.8) is 0 Å². The molecule has 0 aliphatic carbocycles. The van der Waals surface area contributed by atoms with E-state index in [0.717, 1.165) is 51.5 Å². The minimum Gasteiger partial charge on any atom is -0.353 e. The molecule has 2 amide bonds. The Morgan fingerprint density at radius 1 is 1.04 bits per heavy atom. The van der Waals surface area contributed by atoms with Gasteiger partial charge in [0.25, 0.3) is 5.91 Å². The molecule has 0 bridgehead atoms. The third-order valence-corrected chi connectivity index (χ3v) is 4.62. The second-order valence-corrected chi connectivity index (χ2v) is 6.38. The highest BCUT2D eigenvalue weighted by atomic mass is 16.2. The van der Waals surface area contributed by atoms with Gasteiger partial charge in [-0.05, 0) is 14.0 Å². The number of hydrogen-bond acceptors (Lipinski definition) is 6. The van der Waals surface area contributed by atoms with Crippen LogP contribution in [0.2, 0.25) is 0 Å². The predicted octanol–water partition coefficient (Wildman–Crippen LogP) is -0.549. The Balaban J connectivity index is 1.74. The molecule has 2 fully saturated rings. The Bertz CT molecular complexity index is 607. The number of carbonyl (C=O) groups is 2. The average molecular weight is 332 g/mol. The van der Waals surface area contributed by atoms with E-state index in [2.05, 4.69) is 26.8 Å². The van der Waals surface area contributed by atoms with Gasteiger partial charge in [0.2, 0.25) is 6.41 Å². The van der Waals surface area contributed by atoms with Crippen molar-refractivity contribution in [2.24, 2.45) is 0 Å². The highest BCUT2D eigenvalue weighted by molar-refractivity contribution is 5.93. The zero-order valence-electron chi connectivity index (χ0n) is 14.3. The number of aryl methyl sites for hydroxylation is 1.